The number of hydrogen-bond acceptors (Lipinski definition) is 5. The van der Waals surface area contributed by atoms with Gasteiger partial charge < -0.3 is 16.0 Å². The fourth-order valence-corrected chi connectivity index (χ4v) is 3.04. The van der Waals surface area contributed by atoms with Crippen LogP contribution in [0.4, 0.5) is 5.82 Å². The van der Waals surface area contributed by atoms with Crippen molar-refractivity contribution in [2.24, 2.45) is 5.73 Å². The van der Waals surface area contributed by atoms with Crippen LogP contribution in [0.25, 0.3) is 11.4 Å². The first-order chi connectivity index (χ1) is 12.1. The molecule has 0 aliphatic carbocycles. The summed E-state index contributed by atoms with van der Waals surface area (Å²) in [6, 6.07) is 8.41. The lowest BCUT2D eigenvalue weighted by atomic mass is 10.1. The third kappa shape index (κ3) is 3.60. The minimum absolute atomic E-state index is 0.189. The van der Waals surface area contributed by atoms with Crippen molar-refractivity contribution in [3.05, 3.63) is 42.1 Å². The van der Waals surface area contributed by atoms with Crippen molar-refractivity contribution in [1.29, 1.82) is 0 Å². The lowest BCUT2D eigenvalue weighted by Crippen LogP contribution is -2.43. The highest BCUT2D eigenvalue weighted by atomic mass is 16.2. The fourth-order valence-electron chi connectivity index (χ4n) is 3.04. The van der Waals surface area contributed by atoms with E-state index in [9.17, 15) is 9.59 Å². The molecule has 130 valence electrons. The van der Waals surface area contributed by atoms with Gasteiger partial charge in [0.15, 0.2) is 5.82 Å². The van der Waals surface area contributed by atoms with Gasteiger partial charge in [-0.15, -0.1) is 0 Å². The molecular formula is C18H21N5O2. The van der Waals surface area contributed by atoms with E-state index in [-0.39, 0.29) is 5.91 Å². The zero-order chi connectivity index (χ0) is 17.8. The Morgan fingerprint density at radius 1 is 1.36 bits per heavy atom. The average Bonchev–Trinajstić information content (AvgIpc) is 3.12. The summed E-state index contributed by atoms with van der Waals surface area (Å²) in [6.07, 6.45) is 3.08. The average molecular weight is 339 g/mol. The van der Waals surface area contributed by atoms with Gasteiger partial charge in [0.2, 0.25) is 5.91 Å². The van der Waals surface area contributed by atoms with E-state index >= 15 is 0 Å². The molecule has 1 fully saturated rings. The molecule has 2 heterocycles. The Labute approximate surface area is 146 Å². The van der Waals surface area contributed by atoms with E-state index in [0.29, 0.717) is 24.4 Å². The number of primary amides is 1. The molecule has 2 amide bonds. The van der Waals surface area contributed by atoms with Gasteiger partial charge in [-0.3, -0.25) is 9.59 Å². The Morgan fingerprint density at radius 2 is 2.20 bits per heavy atom. The zero-order valence-corrected chi connectivity index (χ0v) is 14.1. The molecule has 0 bridgehead atoms. The summed E-state index contributed by atoms with van der Waals surface area (Å²) in [5.41, 5.74) is 6.66. The van der Waals surface area contributed by atoms with Crippen molar-refractivity contribution in [2.45, 2.75) is 25.8 Å². The number of nitrogens with two attached hydrogens (primary N) is 1. The van der Waals surface area contributed by atoms with Crippen molar-refractivity contribution < 1.29 is 9.59 Å². The first-order valence-corrected chi connectivity index (χ1v) is 8.37. The third-order valence-electron chi connectivity index (χ3n) is 4.22. The van der Waals surface area contributed by atoms with Crippen LogP contribution in [0.2, 0.25) is 0 Å². The molecule has 3 N–H and O–H groups in total. The minimum atomic E-state index is -0.524. The second kappa shape index (κ2) is 7.29. The molecule has 7 heteroatoms. The number of nitrogens with zero attached hydrogens (tertiary/aromatic N) is 3. The number of carbonyl (C=O) groups excluding carboxylic acids is 2. The second-order valence-corrected chi connectivity index (χ2v) is 5.94. The third-order valence-corrected chi connectivity index (χ3v) is 4.22. The second-order valence-electron chi connectivity index (χ2n) is 5.94. The maximum Gasteiger partial charge on any atom is 0.254 e. The van der Waals surface area contributed by atoms with Gasteiger partial charge in [-0.1, -0.05) is 12.1 Å². The zero-order valence-electron chi connectivity index (χ0n) is 14.1. The number of likely N-dealkylation sites (tertiary alicyclic amines) is 1. The van der Waals surface area contributed by atoms with Gasteiger partial charge in [0.05, 0.1) is 0 Å². The van der Waals surface area contributed by atoms with Gasteiger partial charge in [0, 0.05) is 30.4 Å². The number of carbonyl (C=O) groups is 2. The van der Waals surface area contributed by atoms with Crippen LogP contribution in [0.15, 0.2) is 36.5 Å². The summed E-state index contributed by atoms with van der Waals surface area (Å²) in [5.74, 6) is 0.633. The number of anilines is 1. The molecule has 25 heavy (non-hydrogen) atoms. The van der Waals surface area contributed by atoms with Gasteiger partial charge in [0.25, 0.3) is 5.91 Å². The van der Waals surface area contributed by atoms with Gasteiger partial charge in [0.1, 0.15) is 11.9 Å². The Bertz CT molecular complexity index is 793. The number of rotatable bonds is 5. The number of aromatic nitrogens is 2. The highest BCUT2D eigenvalue weighted by Crippen LogP contribution is 2.23. The molecule has 1 aliphatic heterocycles. The van der Waals surface area contributed by atoms with Gasteiger partial charge in [-0.05, 0) is 38.0 Å². The van der Waals surface area contributed by atoms with E-state index in [1.165, 1.54) is 0 Å². The van der Waals surface area contributed by atoms with Crippen LogP contribution in [0.5, 0.6) is 0 Å². The largest absolute Gasteiger partial charge is 0.370 e. The molecule has 1 atom stereocenters. The molecule has 7 nitrogen and oxygen atoms in total. The SMILES string of the molecule is CCNc1ccnc(-c2cccc(C(=O)N3CCC[C@H]3C(N)=O)c2)n1. The van der Waals surface area contributed by atoms with Crippen LogP contribution in [-0.2, 0) is 4.79 Å². The fraction of sp³-hybridized carbons (Fsp3) is 0.333. The van der Waals surface area contributed by atoms with Crippen LogP contribution < -0.4 is 11.1 Å². The monoisotopic (exact) mass is 339 g/mol. The lowest BCUT2D eigenvalue weighted by molar-refractivity contribution is -0.121. The topological polar surface area (TPSA) is 101 Å². The molecular weight excluding hydrogens is 318 g/mol. The maximum atomic E-state index is 12.8. The summed E-state index contributed by atoms with van der Waals surface area (Å²) in [5, 5.41) is 3.14. The highest BCUT2D eigenvalue weighted by molar-refractivity contribution is 5.98. The Morgan fingerprint density at radius 3 is 2.96 bits per heavy atom. The first-order valence-electron chi connectivity index (χ1n) is 8.37. The molecule has 0 unspecified atom stereocenters. The number of nitrogens with one attached hydrogen (secondary N) is 1. The number of hydrogen-bond donors (Lipinski definition) is 2. The number of amides is 2. The Balaban J connectivity index is 1.87. The Hall–Kier alpha value is -2.96. The van der Waals surface area contributed by atoms with Crippen LogP contribution >= 0.6 is 0 Å². The van der Waals surface area contributed by atoms with Crippen LogP contribution in [0, 0.1) is 0 Å². The first kappa shape index (κ1) is 16.9. The molecule has 1 aromatic carbocycles. The van der Waals surface area contributed by atoms with Crippen LogP contribution in [0.3, 0.4) is 0 Å². The molecule has 2 aromatic rings. The number of benzene rings is 1. The summed E-state index contributed by atoms with van der Waals surface area (Å²) in [4.78, 5) is 34.6. The quantitative estimate of drug-likeness (QED) is 0.863. The molecule has 3 rings (SSSR count). The van der Waals surface area contributed by atoms with E-state index < -0.39 is 11.9 Å². The van der Waals surface area contributed by atoms with Gasteiger partial charge >= 0.3 is 0 Å². The smallest absolute Gasteiger partial charge is 0.254 e. The van der Waals surface area contributed by atoms with Crippen LogP contribution in [-0.4, -0.2) is 45.8 Å². The van der Waals surface area contributed by atoms with E-state index in [1.54, 1.807) is 35.4 Å². The van der Waals surface area contributed by atoms with Crippen molar-refractivity contribution in [3.8, 4) is 11.4 Å². The van der Waals surface area contributed by atoms with E-state index in [0.717, 1.165) is 24.3 Å². The predicted molar refractivity (Wildman–Crippen MR) is 94.9 cm³/mol. The molecule has 0 saturated carbocycles. The minimum Gasteiger partial charge on any atom is -0.370 e. The molecule has 0 radical (unpaired) electrons. The molecule has 0 spiro atoms. The molecule has 1 aromatic heterocycles. The van der Waals surface area contributed by atoms with Crippen molar-refractivity contribution in [3.63, 3.8) is 0 Å². The van der Waals surface area contributed by atoms with Gasteiger partial charge in [-0.2, -0.15) is 0 Å². The van der Waals surface area contributed by atoms with Gasteiger partial charge in [-0.25, -0.2) is 9.97 Å². The summed E-state index contributed by atoms with van der Waals surface area (Å²) in [6.45, 7) is 3.30. The van der Waals surface area contributed by atoms with Crippen LogP contribution in [0.1, 0.15) is 30.1 Å². The van der Waals surface area contributed by atoms with Crippen molar-refractivity contribution in [2.75, 3.05) is 18.4 Å². The molecule has 1 aliphatic rings. The summed E-state index contributed by atoms with van der Waals surface area (Å²) < 4.78 is 0. The standard InChI is InChI=1S/C18H21N5O2/c1-2-20-15-8-9-21-17(22-15)12-5-3-6-13(11-12)18(25)23-10-4-7-14(23)16(19)24/h3,5-6,8-9,11,14H,2,4,7,10H2,1H3,(H2,19,24)(H,20,21,22)/t14-/m0/s1. The van der Waals surface area contributed by atoms with Crippen molar-refractivity contribution >= 4 is 17.6 Å². The van der Waals surface area contributed by atoms with Crippen molar-refractivity contribution in [1.82, 2.24) is 14.9 Å². The highest BCUT2D eigenvalue weighted by Gasteiger charge is 2.33. The van der Waals surface area contributed by atoms with E-state index in [1.807, 2.05) is 13.0 Å². The lowest BCUT2D eigenvalue weighted by Gasteiger charge is -2.22. The predicted octanol–water partition coefficient (Wildman–Crippen LogP) is 1.67. The normalized spacial score (nSPS) is 16.7. The van der Waals surface area contributed by atoms with E-state index in [4.69, 9.17) is 5.73 Å². The van der Waals surface area contributed by atoms with E-state index in [2.05, 4.69) is 15.3 Å². The Kier molecular flexibility index (Phi) is 4.92. The summed E-state index contributed by atoms with van der Waals surface area (Å²) >= 11 is 0. The molecule has 1 saturated heterocycles. The summed E-state index contributed by atoms with van der Waals surface area (Å²) in [7, 11) is 0. The maximum absolute atomic E-state index is 12.8.